The molecular formula is C67H86FN21O16. The Morgan fingerprint density at radius 2 is 0.905 bits per heavy atom. The quantitative estimate of drug-likeness (QED) is 0.0393. The summed E-state index contributed by atoms with van der Waals surface area (Å²) >= 11 is 0. The van der Waals surface area contributed by atoms with Crippen LogP contribution in [0.25, 0.3) is 33.5 Å². The molecule has 8 aromatic rings. The number of hydrogen-bond donors (Lipinski definition) is 18. The topological polar surface area (TPSA) is 579 Å². The molecule has 11 heterocycles. The molecule has 6 unspecified atom stereocenters. The summed E-state index contributed by atoms with van der Waals surface area (Å²) in [4.78, 5) is 80.8. The van der Waals surface area contributed by atoms with Crippen molar-refractivity contribution in [3.63, 3.8) is 0 Å². The molecule has 0 spiro atoms. The molecule has 4 saturated heterocycles. The van der Waals surface area contributed by atoms with E-state index in [-0.39, 0.29) is 29.9 Å². The number of halogens is 1. The molecule has 0 bridgehead atoms. The lowest BCUT2D eigenvalue weighted by molar-refractivity contribution is -0.125. The smallest absolute Gasteiger partial charge is 0.251 e. The molecule has 5 aliphatic rings. The van der Waals surface area contributed by atoms with E-state index in [1.165, 1.54) is 55.6 Å². The Morgan fingerprint density at radius 3 is 1.29 bits per heavy atom. The highest BCUT2D eigenvalue weighted by Gasteiger charge is 2.50. The number of nitrogens with two attached hydrogens (primary N) is 6. The summed E-state index contributed by atoms with van der Waals surface area (Å²) in [5, 5.41) is 90.8. The van der Waals surface area contributed by atoms with E-state index < -0.39 is 147 Å². The van der Waals surface area contributed by atoms with Gasteiger partial charge in [0.25, 0.3) is 11.8 Å². The average molecular weight is 1460 g/mol. The molecular weight excluding hydrogens is 1370 g/mol. The summed E-state index contributed by atoms with van der Waals surface area (Å²) in [6.07, 6.45) is 2.21. The van der Waals surface area contributed by atoms with Crippen LogP contribution in [-0.4, -0.2) is 237 Å². The molecule has 0 radical (unpaired) electrons. The molecule has 5 aliphatic heterocycles. The number of nitrogens with zero attached hydrogens (tertiary/aromatic N) is 11. The molecule has 4 amide bonds. The second kappa shape index (κ2) is 34.1. The highest BCUT2D eigenvalue weighted by Crippen LogP contribution is 2.37. The average Bonchev–Trinajstić information content (AvgIpc) is 1.65. The number of rotatable bonds is 19. The Morgan fingerprint density at radius 1 is 0.533 bits per heavy atom. The predicted molar refractivity (Wildman–Crippen MR) is 375 cm³/mol. The van der Waals surface area contributed by atoms with Crippen LogP contribution in [0, 0.1) is 11.7 Å². The number of imidazole rings is 3. The second-order valence-electron chi connectivity index (χ2n) is 25.4. The van der Waals surface area contributed by atoms with Gasteiger partial charge < -0.3 is 120 Å². The van der Waals surface area contributed by atoms with Crippen LogP contribution >= 0.6 is 0 Å². The first kappa shape index (κ1) is 77.3. The fourth-order valence-electron chi connectivity index (χ4n) is 12.2. The number of nitrogens with one attached hydrogen (secondary N) is 4. The molecule has 4 fully saturated rings. The maximum atomic E-state index is 13.1. The normalized spacial score (nSPS) is 26.8. The second-order valence-corrected chi connectivity index (χ2v) is 25.4. The van der Waals surface area contributed by atoms with Crippen molar-refractivity contribution in [3.05, 3.63) is 152 Å². The fourth-order valence-corrected chi connectivity index (χ4v) is 12.2. The van der Waals surface area contributed by atoms with Crippen molar-refractivity contribution in [2.75, 3.05) is 43.6 Å². The number of amidine groups is 1. The van der Waals surface area contributed by atoms with Gasteiger partial charge in [-0.3, -0.25) is 32.9 Å². The van der Waals surface area contributed by atoms with Crippen LogP contribution in [0.15, 0.2) is 140 Å². The molecule has 2 aromatic carbocycles. The maximum absolute atomic E-state index is 13.1. The highest BCUT2D eigenvalue weighted by atomic mass is 19.1. The van der Waals surface area contributed by atoms with E-state index in [9.17, 15) is 64.4 Å². The predicted octanol–water partition coefficient (Wildman–Crippen LogP) is -2.67. The Balaban J connectivity index is 0.000000150. The number of benzene rings is 2. The molecule has 0 aliphatic carbocycles. The van der Waals surface area contributed by atoms with E-state index >= 15 is 0 Å². The number of amides is 4. The molecule has 6 aromatic heterocycles. The van der Waals surface area contributed by atoms with Crippen molar-refractivity contribution in [1.29, 1.82) is 0 Å². The van der Waals surface area contributed by atoms with Crippen LogP contribution < -0.4 is 55.7 Å². The zero-order valence-electron chi connectivity index (χ0n) is 57.1. The number of aliphatic hydroxyl groups excluding tert-OH is 8. The van der Waals surface area contributed by atoms with Crippen LogP contribution in [-0.2, 0) is 28.5 Å². The van der Waals surface area contributed by atoms with Gasteiger partial charge >= 0.3 is 0 Å². The van der Waals surface area contributed by atoms with E-state index in [1.54, 1.807) is 79.5 Å². The van der Waals surface area contributed by atoms with Gasteiger partial charge in [-0.2, -0.15) is 0 Å². The maximum Gasteiger partial charge on any atom is 0.251 e. The number of aromatic nitrogens is 9. The molecule has 562 valence electrons. The minimum atomic E-state index is -1.18. The van der Waals surface area contributed by atoms with Gasteiger partial charge in [0, 0.05) is 35.9 Å². The number of carbonyl (C=O) groups excluding carboxylic acids is 4. The number of carbonyl (C=O) groups is 4. The fraction of sp³-hybridized carbons (Fsp3) is 0.418. The summed E-state index contributed by atoms with van der Waals surface area (Å²) < 4.78 is 40.8. The van der Waals surface area contributed by atoms with Crippen molar-refractivity contribution in [3.8, 4) is 0 Å². The highest BCUT2D eigenvalue weighted by molar-refractivity contribution is 5.95. The Kier molecular flexibility index (Phi) is 25.1. The van der Waals surface area contributed by atoms with Crippen LogP contribution in [0.3, 0.4) is 0 Å². The summed E-state index contributed by atoms with van der Waals surface area (Å²) in [6.45, 7) is 7.75. The monoisotopic (exact) mass is 1460 g/mol. The molecule has 38 heteroatoms. The Bertz CT molecular complexity index is 4400. The molecule has 105 heavy (non-hydrogen) atoms. The SMILES string of the molecule is C=C1N=C(N)C=CN1[C@@H]1O[C@H](CO)[C@H](O)C1NC(=O)C(N)CCC.CC(C)C(N)C(=O)NC1[C@@H](O)[C@@H](CO)O[C@H]1n1cnc2c(N)ccnc21.Nc1ccnc2c1ncn2[C@@H]1O[C@H](CO)[C@H](O)C1NC(=O)c1ccc(F)cc1.Nc1ccnc2c1ncn2[C@@H]1O[C@H](CO)[C@H](O)C1NC(=O)c1ccccc1. The first-order valence-electron chi connectivity index (χ1n) is 33.4. The van der Waals surface area contributed by atoms with Crippen molar-refractivity contribution < 1.29 is 83.4 Å². The van der Waals surface area contributed by atoms with Crippen molar-refractivity contribution in [2.24, 2.45) is 28.1 Å². The van der Waals surface area contributed by atoms with Gasteiger partial charge in [0.1, 0.15) is 107 Å². The third kappa shape index (κ3) is 16.8. The lowest BCUT2D eigenvalue weighted by atomic mass is 10.0. The van der Waals surface area contributed by atoms with E-state index in [0.717, 1.165) is 6.42 Å². The van der Waals surface area contributed by atoms with Crippen LogP contribution in [0.5, 0.6) is 0 Å². The molecule has 18 atom stereocenters. The van der Waals surface area contributed by atoms with Gasteiger partial charge in [0.05, 0.1) is 74.6 Å². The molecule has 37 nitrogen and oxygen atoms in total. The number of aliphatic imine (C=N–C) groups is 1. The Labute approximate surface area is 598 Å². The summed E-state index contributed by atoms with van der Waals surface area (Å²) in [6, 6.07) is 13.8. The van der Waals surface area contributed by atoms with Gasteiger partial charge in [-0.15, -0.1) is 0 Å². The van der Waals surface area contributed by atoms with Gasteiger partial charge in [-0.25, -0.2) is 39.3 Å². The summed E-state index contributed by atoms with van der Waals surface area (Å²) in [7, 11) is 0. The van der Waals surface area contributed by atoms with Crippen molar-refractivity contribution in [2.45, 2.75) is 144 Å². The van der Waals surface area contributed by atoms with E-state index in [0.29, 0.717) is 74.2 Å². The standard InChI is InChI=1S/C18H18FN5O4.C18H19N5O4.C16H24N6O4.C15H25N5O4/c19-10-3-1-9(2-4-10)17(27)23-14-15(26)12(7-25)28-18(14)24-8-22-13-11(20)5-6-21-16(13)24;19-11-6-7-20-16-13(11)21-9-23(16)18-14(15(25)12(8-24)27-18)22-17(26)10-4-2-1-3-5-10;1-7(2)10(18)15(25)21-12-13(24)9(5-23)26-16(12)22-6-20-11-8(17)3-4-19-14(11)22;1-3-4-9(16)14(23)19-12-13(22)10(7-21)24-15(12)20-6-5-11(17)18-8(20)2/h1-6,8,12,14-15,18,25-26H,7H2,(H2,20,21)(H,23,27);1-7,9,12,14-15,18,24-25H,8H2,(H2,19,20)(H,22,26);3-4,6-7,9-10,12-13,16,23-24H,5,18H2,1-2H3,(H2,17,19)(H,21,25);5-6,9-10,12-13,15,21-22H,2-4,7,16H2,1H3,(H2,17,18)(H,19,23)/t2*12-,14?,15+,18-;9-,10?,12?,13+,16-;9?,10-,12?,13+,15-/m1111/s1. The minimum absolute atomic E-state index is 0.0721. The number of pyridine rings is 3. The molecule has 0 saturated carbocycles. The number of ether oxygens (including phenoxy) is 4. The lowest BCUT2D eigenvalue weighted by Gasteiger charge is -2.33. The third-order valence-corrected chi connectivity index (χ3v) is 18.0. The summed E-state index contributed by atoms with van der Waals surface area (Å²) in [5.41, 5.74) is 39.8. The minimum Gasteiger partial charge on any atom is -0.397 e. The number of anilines is 3. The number of fused-ring (bicyclic) bond motifs is 3. The zero-order valence-corrected chi connectivity index (χ0v) is 57.1. The zero-order chi connectivity index (χ0) is 75.7. The van der Waals surface area contributed by atoms with Crippen LogP contribution in [0.1, 0.15) is 73.0 Å². The third-order valence-electron chi connectivity index (χ3n) is 18.0. The molecule has 24 N–H and O–H groups in total. The first-order valence-corrected chi connectivity index (χ1v) is 33.4. The van der Waals surface area contributed by atoms with Crippen molar-refractivity contribution in [1.82, 2.24) is 69.8 Å². The first-order chi connectivity index (χ1) is 50.3. The largest absolute Gasteiger partial charge is 0.397 e. The van der Waals surface area contributed by atoms with Gasteiger partial charge in [-0.1, -0.05) is 52.0 Å². The van der Waals surface area contributed by atoms with Gasteiger partial charge in [0.15, 0.2) is 41.9 Å². The Hall–Kier alpha value is -10.3. The molecule has 13 rings (SSSR count). The summed E-state index contributed by atoms with van der Waals surface area (Å²) in [5.74, 6) is -1.61. The van der Waals surface area contributed by atoms with E-state index in [1.807, 2.05) is 26.8 Å². The van der Waals surface area contributed by atoms with Gasteiger partial charge in [-0.05, 0) is 73.0 Å². The lowest BCUT2D eigenvalue weighted by Crippen LogP contribution is -2.55. The number of hydrogen-bond acceptors (Lipinski definition) is 30. The number of aliphatic hydroxyl groups is 8. The van der Waals surface area contributed by atoms with E-state index in [2.05, 4.69) is 62.7 Å². The van der Waals surface area contributed by atoms with Gasteiger partial charge in [0.2, 0.25) is 11.8 Å². The van der Waals surface area contributed by atoms with Crippen LogP contribution in [0.2, 0.25) is 0 Å². The number of nitrogen functional groups attached to an aromatic ring is 3. The van der Waals surface area contributed by atoms with Crippen molar-refractivity contribution >= 4 is 80.0 Å². The van der Waals surface area contributed by atoms with E-state index in [4.69, 9.17) is 53.3 Å². The van der Waals surface area contributed by atoms with Crippen LogP contribution in [0.4, 0.5) is 21.5 Å².